The minimum Gasteiger partial charge on any atom is -0.435 e. The summed E-state index contributed by atoms with van der Waals surface area (Å²) in [6.07, 6.45) is 0.806. The normalized spacial score (nSPS) is 12.2. The number of halogens is 2. The number of aryl methyl sites for hydroxylation is 1. The molecule has 1 atom stereocenters. The molecule has 1 aromatic carbocycles. The first-order chi connectivity index (χ1) is 10.5. The van der Waals surface area contributed by atoms with Crippen molar-refractivity contribution in [2.45, 2.75) is 32.9 Å². The van der Waals surface area contributed by atoms with Gasteiger partial charge in [0, 0.05) is 0 Å². The van der Waals surface area contributed by atoms with E-state index in [9.17, 15) is 13.6 Å². The second-order valence-electron chi connectivity index (χ2n) is 4.77. The standard InChI is InChI=1S/C16H17F2NO2S/c1-3-11-8-9-22-14(11)15(20)19-10(2)12-4-6-13(7-5-12)21-16(17)18/h4-10,16H,3H2,1-2H3,(H,19,20). The van der Waals surface area contributed by atoms with Crippen LogP contribution in [0.2, 0.25) is 0 Å². The minimum atomic E-state index is -2.84. The largest absolute Gasteiger partial charge is 0.435 e. The molecule has 0 bridgehead atoms. The van der Waals surface area contributed by atoms with Crippen molar-refractivity contribution in [3.05, 3.63) is 51.7 Å². The summed E-state index contributed by atoms with van der Waals surface area (Å²) in [4.78, 5) is 13.0. The molecule has 1 amide bonds. The van der Waals surface area contributed by atoms with Crippen LogP contribution < -0.4 is 10.1 Å². The lowest BCUT2D eigenvalue weighted by Crippen LogP contribution is -2.26. The Labute approximate surface area is 131 Å². The van der Waals surface area contributed by atoms with E-state index in [-0.39, 0.29) is 17.7 Å². The number of ether oxygens (including phenoxy) is 1. The zero-order chi connectivity index (χ0) is 16.1. The fourth-order valence-corrected chi connectivity index (χ4v) is 2.99. The van der Waals surface area contributed by atoms with Crippen molar-refractivity contribution in [2.75, 3.05) is 0 Å². The van der Waals surface area contributed by atoms with E-state index in [1.54, 1.807) is 12.1 Å². The first-order valence-corrected chi connectivity index (χ1v) is 7.81. The smallest absolute Gasteiger partial charge is 0.387 e. The van der Waals surface area contributed by atoms with Gasteiger partial charge in [0.2, 0.25) is 0 Å². The van der Waals surface area contributed by atoms with Crippen LogP contribution >= 0.6 is 11.3 Å². The lowest BCUT2D eigenvalue weighted by molar-refractivity contribution is -0.0498. The topological polar surface area (TPSA) is 38.3 Å². The van der Waals surface area contributed by atoms with Gasteiger partial charge >= 0.3 is 6.61 Å². The predicted octanol–water partition coefficient (Wildman–Crippen LogP) is 4.40. The third-order valence-electron chi connectivity index (χ3n) is 3.29. The molecule has 6 heteroatoms. The van der Waals surface area contributed by atoms with Gasteiger partial charge in [-0.05, 0) is 48.1 Å². The van der Waals surface area contributed by atoms with Gasteiger partial charge in [-0.1, -0.05) is 19.1 Å². The monoisotopic (exact) mass is 325 g/mol. The molecule has 1 N–H and O–H groups in total. The molecule has 0 radical (unpaired) electrons. The summed E-state index contributed by atoms with van der Waals surface area (Å²) < 4.78 is 28.5. The minimum absolute atomic E-state index is 0.101. The number of hydrogen-bond donors (Lipinski definition) is 1. The van der Waals surface area contributed by atoms with Crippen molar-refractivity contribution in [1.82, 2.24) is 5.32 Å². The van der Waals surface area contributed by atoms with E-state index < -0.39 is 6.61 Å². The molecule has 0 aliphatic heterocycles. The molecule has 0 saturated carbocycles. The van der Waals surface area contributed by atoms with Gasteiger partial charge in [0.05, 0.1) is 10.9 Å². The second-order valence-corrected chi connectivity index (χ2v) is 5.69. The number of nitrogens with one attached hydrogen (secondary N) is 1. The fraction of sp³-hybridized carbons (Fsp3) is 0.312. The Hall–Kier alpha value is -1.95. The van der Waals surface area contributed by atoms with Crippen molar-refractivity contribution in [2.24, 2.45) is 0 Å². The molecule has 1 unspecified atom stereocenters. The Morgan fingerprint density at radius 2 is 1.95 bits per heavy atom. The van der Waals surface area contributed by atoms with Gasteiger partial charge in [-0.15, -0.1) is 11.3 Å². The lowest BCUT2D eigenvalue weighted by atomic mass is 10.1. The van der Waals surface area contributed by atoms with E-state index in [0.29, 0.717) is 4.88 Å². The van der Waals surface area contributed by atoms with Gasteiger partial charge in [-0.2, -0.15) is 8.78 Å². The molecule has 3 nitrogen and oxygen atoms in total. The maximum Gasteiger partial charge on any atom is 0.387 e. The zero-order valence-corrected chi connectivity index (χ0v) is 13.1. The van der Waals surface area contributed by atoms with Crippen LogP contribution in [0.15, 0.2) is 35.7 Å². The summed E-state index contributed by atoms with van der Waals surface area (Å²) in [7, 11) is 0. The van der Waals surface area contributed by atoms with Crippen molar-refractivity contribution in [1.29, 1.82) is 0 Å². The van der Waals surface area contributed by atoms with Crippen LogP contribution in [0.4, 0.5) is 8.78 Å². The highest BCUT2D eigenvalue weighted by atomic mass is 32.1. The Morgan fingerprint density at radius 1 is 1.27 bits per heavy atom. The van der Waals surface area contributed by atoms with Gasteiger partial charge in [-0.25, -0.2) is 0 Å². The number of alkyl halides is 2. The lowest BCUT2D eigenvalue weighted by Gasteiger charge is -2.15. The number of hydrogen-bond acceptors (Lipinski definition) is 3. The molecule has 0 aliphatic rings. The molecule has 118 valence electrons. The Bertz CT molecular complexity index is 625. The van der Waals surface area contributed by atoms with Crippen molar-refractivity contribution >= 4 is 17.2 Å². The quantitative estimate of drug-likeness (QED) is 0.855. The van der Waals surface area contributed by atoms with Crippen LogP contribution in [0.1, 0.15) is 40.7 Å². The molecule has 2 rings (SSSR count). The molecule has 0 saturated heterocycles. The number of thiophene rings is 1. The van der Waals surface area contributed by atoms with Crippen LogP contribution in [0.5, 0.6) is 5.75 Å². The van der Waals surface area contributed by atoms with Gasteiger partial charge < -0.3 is 10.1 Å². The van der Waals surface area contributed by atoms with E-state index >= 15 is 0 Å². The highest BCUT2D eigenvalue weighted by Gasteiger charge is 2.15. The van der Waals surface area contributed by atoms with E-state index in [4.69, 9.17) is 0 Å². The summed E-state index contributed by atoms with van der Waals surface area (Å²) >= 11 is 1.41. The van der Waals surface area contributed by atoms with Crippen LogP contribution in [0.3, 0.4) is 0 Å². The van der Waals surface area contributed by atoms with E-state index in [1.165, 1.54) is 23.5 Å². The molecular formula is C16H17F2NO2S. The molecule has 0 aliphatic carbocycles. The summed E-state index contributed by atoms with van der Waals surface area (Å²) in [5.74, 6) is -0.0175. The second kappa shape index (κ2) is 7.35. The maximum absolute atomic E-state index is 12.3. The molecule has 0 spiro atoms. The number of carbonyl (C=O) groups excluding carboxylic acids is 1. The van der Waals surface area contributed by atoms with E-state index in [2.05, 4.69) is 10.1 Å². The fourth-order valence-electron chi connectivity index (χ4n) is 2.10. The number of benzene rings is 1. The summed E-state index contributed by atoms with van der Waals surface area (Å²) in [5, 5.41) is 4.81. The Balaban J connectivity index is 2.02. The Kier molecular flexibility index (Phi) is 5.49. The zero-order valence-electron chi connectivity index (χ0n) is 12.3. The van der Waals surface area contributed by atoms with Gasteiger partial charge in [-0.3, -0.25) is 4.79 Å². The molecule has 1 heterocycles. The van der Waals surface area contributed by atoms with Crippen LogP contribution in [0.25, 0.3) is 0 Å². The van der Waals surface area contributed by atoms with Crippen molar-refractivity contribution in [3.8, 4) is 5.75 Å². The average Bonchev–Trinajstić information content (AvgIpc) is 2.95. The number of rotatable bonds is 6. The molecule has 22 heavy (non-hydrogen) atoms. The third kappa shape index (κ3) is 4.04. The summed E-state index contributed by atoms with van der Waals surface area (Å²) in [6, 6.07) is 7.98. The summed E-state index contributed by atoms with van der Waals surface area (Å²) in [5.41, 5.74) is 1.85. The SMILES string of the molecule is CCc1ccsc1C(=O)NC(C)c1ccc(OC(F)F)cc1. The van der Waals surface area contributed by atoms with Crippen LogP contribution in [-0.4, -0.2) is 12.5 Å². The van der Waals surface area contributed by atoms with Gasteiger partial charge in [0.25, 0.3) is 5.91 Å². The van der Waals surface area contributed by atoms with Crippen molar-refractivity contribution < 1.29 is 18.3 Å². The molecular weight excluding hydrogens is 308 g/mol. The molecule has 0 fully saturated rings. The van der Waals surface area contributed by atoms with E-state index in [1.807, 2.05) is 25.3 Å². The Morgan fingerprint density at radius 3 is 2.55 bits per heavy atom. The predicted molar refractivity (Wildman–Crippen MR) is 82.7 cm³/mol. The number of carbonyl (C=O) groups is 1. The summed E-state index contributed by atoms with van der Waals surface area (Å²) in [6.45, 7) is 1.01. The van der Waals surface area contributed by atoms with Gasteiger partial charge in [0.15, 0.2) is 0 Å². The molecule has 2 aromatic rings. The first-order valence-electron chi connectivity index (χ1n) is 6.93. The molecule has 1 aromatic heterocycles. The van der Waals surface area contributed by atoms with Crippen molar-refractivity contribution in [3.63, 3.8) is 0 Å². The number of amides is 1. The first kappa shape index (κ1) is 16.4. The van der Waals surface area contributed by atoms with Gasteiger partial charge in [0.1, 0.15) is 5.75 Å². The maximum atomic E-state index is 12.3. The average molecular weight is 325 g/mol. The van der Waals surface area contributed by atoms with E-state index in [0.717, 1.165) is 17.5 Å². The highest BCUT2D eigenvalue weighted by molar-refractivity contribution is 7.12. The van der Waals surface area contributed by atoms with Crippen LogP contribution in [-0.2, 0) is 6.42 Å². The third-order valence-corrected chi connectivity index (χ3v) is 4.24. The van der Waals surface area contributed by atoms with Crippen LogP contribution in [0, 0.1) is 0 Å². The highest BCUT2D eigenvalue weighted by Crippen LogP contribution is 2.21.